The molecule has 1 aromatic carbocycles. The van der Waals surface area contributed by atoms with E-state index in [-0.39, 0.29) is 5.95 Å². The van der Waals surface area contributed by atoms with Gasteiger partial charge in [0, 0.05) is 8.96 Å². The Morgan fingerprint density at radius 1 is 1.42 bits per heavy atom. The van der Waals surface area contributed by atoms with Gasteiger partial charge in [0.05, 0.1) is 5.52 Å². The van der Waals surface area contributed by atoms with Gasteiger partial charge in [-0.2, -0.15) is 0 Å². The minimum absolute atomic E-state index is 0.267. The normalized spacial score (nSPS) is 10.4. The Morgan fingerprint density at radius 2 is 2.25 bits per heavy atom. The molecule has 2 aromatic rings. The highest BCUT2D eigenvalue weighted by Crippen LogP contribution is 2.14. The topological polar surface area (TPSA) is 51.8 Å². The molecule has 1 heterocycles. The fraction of sp³-hybridized carbons (Fsp3) is 0. The van der Waals surface area contributed by atoms with Crippen LogP contribution in [0.5, 0.6) is 0 Å². The molecule has 0 aliphatic carbocycles. The van der Waals surface area contributed by atoms with Crippen molar-refractivity contribution in [3.63, 3.8) is 0 Å². The van der Waals surface area contributed by atoms with Crippen molar-refractivity contribution in [2.75, 3.05) is 5.73 Å². The van der Waals surface area contributed by atoms with E-state index in [0.29, 0.717) is 0 Å². The molecule has 2 N–H and O–H groups in total. The van der Waals surface area contributed by atoms with Gasteiger partial charge in [-0.1, -0.05) is 0 Å². The second-order valence-electron chi connectivity index (χ2n) is 2.36. The predicted molar refractivity (Wildman–Crippen MR) is 55.5 cm³/mol. The van der Waals surface area contributed by atoms with Crippen LogP contribution in [-0.4, -0.2) is 9.97 Å². The summed E-state index contributed by atoms with van der Waals surface area (Å²) < 4.78 is 1.14. The monoisotopic (exact) mass is 270 g/mol. The highest BCUT2D eigenvalue weighted by atomic mass is 127. The zero-order chi connectivity index (χ0) is 8.55. The summed E-state index contributed by atoms with van der Waals surface area (Å²) in [5.41, 5.74) is 6.24. The van der Waals surface area contributed by atoms with Gasteiger partial charge in [0.25, 0.3) is 0 Å². The number of hydrogen-bond acceptors (Lipinski definition) is 3. The van der Waals surface area contributed by atoms with E-state index in [1.54, 1.807) is 0 Å². The van der Waals surface area contributed by atoms with Gasteiger partial charge in [-0.25, -0.2) is 9.97 Å². The molecule has 4 heteroatoms. The number of benzene rings is 1. The molecule has 2 rings (SSSR count). The molecule has 0 saturated carbocycles. The standard InChI is InChI=1S/C8H5IN3/c9-6-1-2-7-5(3-6)4-11-8(10)12-7/h1-3H,(H2,10,11,12). The summed E-state index contributed by atoms with van der Waals surface area (Å²) in [5, 5.41) is 0.899. The van der Waals surface area contributed by atoms with E-state index in [9.17, 15) is 0 Å². The summed E-state index contributed by atoms with van der Waals surface area (Å²) in [7, 11) is 0. The van der Waals surface area contributed by atoms with Gasteiger partial charge in [-0.05, 0) is 40.8 Å². The maximum Gasteiger partial charge on any atom is 0.221 e. The van der Waals surface area contributed by atoms with E-state index in [0.717, 1.165) is 14.5 Å². The summed E-state index contributed by atoms with van der Waals surface area (Å²) in [5.74, 6) is 0.267. The third-order valence-electron chi connectivity index (χ3n) is 1.48. The molecule has 0 fully saturated rings. The lowest BCUT2D eigenvalue weighted by atomic mass is 10.2. The van der Waals surface area contributed by atoms with E-state index in [2.05, 4.69) is 38.8 Å². The summed E-state index contributed by atoms with van der Waals surface area (Å²) in [6.07, 6.45) is 2.82. The van der Waals surface area contributed by atoms with Crippen molar-refractivity contribution in [3.05, 3.63) is 28.0 Å². The summed E-state index contributed by atoms with van der Waals surface area (Å²) in [4.78, 5) is 7.84. The highest BCUT2D eigenvalue weighted by Gasteiger charge is 1.96. The SMILES string of the molecule is Nc1n[c]c2cc(I)ccc2n1. The first-order valence-corrected chi connectivity index (χ1v) is 4.44. The second kappa shape index (κ2) is 2.85. The number of nitrogens with zero attached hydrogens (tertiary/aromatic N) is 2. The highest BCUT2D eigenvalue weighted by molar-refractivity contribution is 14.1. The van der Waals surface area contributed by atoms with Gasteiger partial charge in [0.1, 0.15) is 6.20 Å². The number of nitrogens with two attached hydrogens (primary N) is 1. The first-order chi connectivity index (χ1) is 5.75. The van der Waals surface area contributed by atoms with Crippen molar-refractivity contribution in [1.29, 1.82) is 0 Å². The lowest BCUT2D eigenvalue weighted by Crippen LogP contribution is -1.94. The van der Waals surface area contributed by atoms with Gasteiger partial charge in [0.2, 0.25) is 5.95 Å². The summed E-state index contributed by atoms with van der Waals surface area (Å²) >= 11 is 2.23. The molecule has 0 aliphatic heterocycles. The molecule has 0 amide bonds. The van der Waals surface area contributed by atoms with Crippen LogP contribution < -0.4 is 5.73 Å². The maximum absolute atomic E-state index is 5.41. The van der Waals surface area contributed by atoms with Crippen LogP contribution in [-0.2, 0) is 0 Å². The van der Waals surface area contributed by atoms with Crippen molar-refractivity contribution >= 4 is 39.4 Å². The van der Waals surface area contributed by atoms with Crippen molar-refractivity contribution in [2.45, 2.75) is 0 Å². The molecule has 1 aromatic heterocycles. The van der Waals surface area contributed by atoms with E-state index in [1.165, 1.54) is 0 Å². The molecular formula is C8H5IN3. The second-order valence-corrected chi connectivity index (χ2v) is 3.60. The van der Waals surface area contributed by atoms with Gasteiger partial charge >= 0.3 is 0 Å². The molecule has 0 aliphatic rings. The fourth-order valence-corrected chi connectivity index (χ4v) is 1.45. The van der Waals surface area contributed by atoms with Crippen LogP contribution in [0.25, 0.3) is 10.9 Å². The average molecular weight is 270 g/mol. The molecule has 0 bridgehead atoms. The molecule has 12 heavy (non-hydrogen) atoms. The molecule has 59 valence electrons. The number of rotatable bonds is 0. The first-order valence-electron chi connectivity index (χ1n) is 3.36. The lowest BCUT2D eigenvalue weighted by Gasteiger charge is -1.96. The third-order valence-corrected chi connectivity index (χ3v) is 2.16. The van der Waals surface area contributed by atoms with Crippen molar-refractivity contribution in [3.8, 4) is 0 Å². The Hall–Kier alpha value is -0.910. The Balaban J connectivity index is 2.79. The van der Waals surface area contributed by atoms with Gasteiger partial charge < -0.3 is 5.73 Å². The van der Waals surface area contributed by atoms with Crippen LogP contribution in [0.2, 0.25) is 0 Å². The maximum atomic E-state index is 5.41. The largest absolute Gasteiger partial charge is 0.368 e. The zero-order valence-corrected chi connectivity index (χ0v) is 8.24. The summed E-state index contributed by atoms with van der Waals surface area (Å²) in [6, 6.07) is 5.85. The van der Waals surface area contributed by atoms with Crippen LogP contribution in [0.15, 0.2) is 18.2 Å². The molecule has 0 atom stereocenters. The van der Waals surface area contributed by atoms with E-state index >= 15 is 0 Å². The number of nitrogen functional groups attached to an aromatic ring is 1. The first kappa shape index (κ1) is 7.72. The average Bonchev–Trinajstić information content (AvgIpc) is 2.05. The molecule has 0 spiro atoms. The van der Waals surface area contributed by atoms with Gasteiger partial charge in [-0.3, -0.25) is 0 Å². The molecule has 1 radical (unpaired) electrons. The molecule has 0 saturated heterocycles. The van der Waals surface area contributed by atoms with E-state index in [4.69, 9.17) is 5.73 Å². The summed E-state index contributed by atoms with van der Waals surface area (Å²) in [6.45, 7) is 0. The number of anilines is 1. The number of aromatic nitrogens is 2. The minimum atomic E-state index is 0.267. The van der Waals surface area contributed by atoms with Crippen LogP contribution in [0, 0.1) is 9.77 Å². The Morgan fingerprint density at radius 3 is 3.08 bits per heavy atom. The van der Waals surface area contributed by atoms with Crippen LogP contribution in [0.1, 0.15) is 0 Å². The van der Waals surface area contributed by atoms with Crippen molar-refractivity contribution in [2.24, 2.45) is 0 Å². The molecular weight excluding hydrogens is 265 g/mol. The van der Waals surface area contributed by atoms with E-state index < -0.39 is 0 Å². The van der Waals surface area contributed by atoms with E-state index in [1.807, 2.05) is 18.2 Å². The smallest absolute Gasteiger partial charge is 0.221 e. The Labute approximate surface area is 83.2 Å². The Bertz CT molecular complexity index is 386. The predicted octanol–water partition coefficient (Wildman–Crippen LogP) is 1.62. The fourth-order valence-electron chi connectivity index (χ4n) is 0.961. The van der Waals surface area contributed by atoms with Crippen LogP contribution >= 0.6 is 22.6 Å². The van der Waals surface area contributed by atoms with Crippen molar-refractivity contribution < 1.29 is 0 Å². The molecule has 3 nitrogen and oxygen atoms in total. The van der Waals surface area contributed by atoms with Gasteiger partial charge in [0.15, 0.2) is 0 Å². The van der Waals surface area contributed by atoms with Crippen molar-refractivity contribution in [1.82, 2.24) is 9.97 Å². The number of halogens is 1. The van der Waals surface area contributed by atoms with Gasteiger partial charge in [-0.15, -0.1) is 0 Å². The number of hydrogen-bond donors (Lipinski definition) is 1. The zero-order valence-electron chi connectivity index (χ0n) is 6.08. The minimum Gasteiger partial charge on any atom is -0.368 e. The number of fused-ring (bicyclic) bond motifs is 1. The quantitative estimate of drug-likeness (QED) is 0.740. The van der Waals surface area contributed by atoms with Crippen LogP contribution in [0.4, 0.5) is 5.95 Å². The Kier molecular flexibility index (Phi) is 1.84. The lowest BCUT2D eigenvalue weighted by molar-refractivity contribution is 1.23. The molecule has 0 unspecified atom stereocenters. The van der Waals surface area contributed by atoms with Crippen LogP contribution in [0.3, 0.4) is 0 Å². The third kappa shape index (κ3) is 1.34.